The van der Waals surface area contributed by atoms with Crippen LogP contribution in [0, 0.1) is 5.92 Å². The number of benzene rings is 1. The first-order valence-corrected chi connectivity index (χ1v) is 9.37. The molecule has 2 aromatic rings. The fourth-order valence-electron chi connectivity index (χ4n) is 3.18. The molecule has 1 aliphatic rings. The van der Waals surface area contributed by atoms with Crippen molar-refractivity contribution >= 4 is 29.9 Å². The second-order valence-corrected chi connectivity index (χ2v) is 6.81. The molecular formula is C20H30IN5O. The van der Waals surface area contributed by atoms with Crippen LogP contribution in [-0.4, -0.2) is 54.0 Å². The summed E-state index contributed by atoms with van der Waals surface area (Å²) >= 11 is 0. The molecule has 1 aromatic heterocycles. The Kier molecular flexibility index (Phi) is 9.06. The Hall–Kier alpha value is -1.61. The summed E-state index contributed by atoms with van der Waals surface area (Å²) in [6.07, 6.45) is 5.11. The van der Waals surface area contributed by atoms with Crippen molar-refractivity contribution in [3.63, 3.8) is 0 Å². The SMILES string of the molecule is CCNC(=NCc1cnn(Cc2ccccc2)c1)N(C)CC1CCOC1.I. The van der Waals surface area contributed by atoms with E-state index in [1.54, 1.807) is 0 Å². The Labute approximate surface area is 179 Å². The van der Waals surface area contributed by atoms with E-state index in [4.69, 9.17) is 9.73 Å². The van der Waals surface area contributed by atoms with Crippen molar-refractivity contribution in [3.05, 3.63) is 53.9 Å². The maximum absolute atomic E-state index is 5.48. The Morgan fingerprint density at radius 2 is 2.15 bits per heavy atom. The van der Waals surface area contributed by atoms with E-state index in [0.29, 0.717) is 12.5 Å². The van der Waals surface area contributed by atoms with Crippen LogP contribution in [-0.2, 0) is 17.8 Å². The quantitative estimate of drug-likeness (QED) is 0.374. The zero-order valence-electron chi connectivity index (χ0n) is 16.2. The number of halogens is 1. The van der Waals surface area contributed by atoms with Crippen molar-refractivity contribution in [3.8, 4) is 0 Å². The highest BCUT2D eigenvalue weighted by Gasteiger charge is 2.19. The number of nitrogens with one attached hydrogen (secondary N) is 1. The lowest BCUT2D eigenvalue weighted by Crippen LogP contribution is -2.41. The Morgan fingerprint density at radius 1 is 1.33 bits per heavy atom. The van der Waals surface area contributed by atoms with E-state index in [-0.39, 0.29) is 24.0 Å². The van der Waals surface area contributed by atoms with Crippen molar-refractivity contribution < 1.29 is 4.74 Å². The molecule has 0 bridgehead atoms. The first kappa shape index (κ1) is 21.7. The second-order valence-electron chi connectivity index (χ2n) is 6.81. The molecule has 7 heteroatoms. The first-order chi connectivity index (χ1) is 12.7. The molecule has 6 nitrogen and oxygen atoms in total. The van der Waals surface area contributed by atoms with Crippen LogP contribution in [0.1, 0.15) is 24.5 Å². The summed E-state index contributed by atoms with van der Waals surface area (Å²) in [4.78, 5) is 6.99. The largest absolute Gasteiger partial charge is 0.381 e. The van der Waals surface area contributed by atoms with Gasteiger partial charge in [0.25, 0.3) is 0 Å². The first-order valence-electron chi connectivity index (χ1n) is 9.37. The minimum atomic E-state index is 0. The molecule has 148 valence electrons. The zero-order valence-corrected chi connectivity index (χ0v) is 18.5. The standard InChI is InChI=1S/C20H29N5O.HI/c1-3-21-20(24(2)13-18-9-10-26-16-18)22-11-19-12-23-25(15-19)14-17-7-5-4-6-8-17;/h4-8,12,15,18H,3,9-11,13-14,16H2,1-2H3,(H,21,22);1H. The third kappa shape index (κ3) is 6.80. The summed E-state index contributed by atoms with van der Waals surface area (Å²) < 4.78 is 7.45. The van der Waals surface area contributed by atoms with Gasteiger partial charge in [-0.15, -0.1) is 24.0 Å². The van der Waals surface area contributed by atoms with E-state index >= 15 is 0 Å². The highest BCUT2D eigenvalue weighted by molar-refractivity contribution is 14.0. The van der Waals surface area contributed by atoms with Gasteiger partial charge in [-0.2, -0.15) is 5.10 Å². The lowest BCUT2D eigenvalue weighted by atomic mass is 10.1. The maximum atomic E-state index is 5.48. The van der Waals surface area contributed by atoms with Gasteiger partial charge < -0.3 is 15.0 Å². The van der Waals surface area contributed by atoms with Gasteiger partial charge in [0.15, 0.2) is 5.96 Å². The third-order valence-electron chi connectivity index (χ3n) is 4.54. The molecule has 0 saturated carbocycles. The average molecular weight is 483 g/mol. The second kappa shape index (κ2) is 11.3. The van der Waals surface area contributed by atoms with Crippen molar-refractivity contribution in [1.82, 2.24) is 20.0 Å². The summed E-state index contributed by atoms with van der Waals surface area (Å²) in [5.41, 5.74) is 2.37. The number of aliphatic imine (C=N–C) groups is 1. The number of nitrogens with zero attached hydrogens (tertiary/aromatic N) is 4. The lowest BCUT2D eigenvalue weighted by molar-refractivity contribution is 0.181. The van der Waals surface area contributed by atoms with Gasteiger partial charge in [-0.25, -0.2) is 4.99 Å². The fourth-order valence-corrected chi connectivity index (χ4v) is 3.18. The molecule has 0 radical (unpaired) electrons. The molecule has 1 saturated heterocycles. The normalized spacial score (nSPS) is 16.8. The zero-order chi connectivity index (χ0) is 18.2. The van der Waals surface area contributed by atoms with Gasteiger partial charge >= 0.3 is 0 Å². The van der Waals surface area contributed by atoms with E-state index in [0.717, 1.165) is 50.8 Å². The highest BCUT2D eigenvalue weighted by atomic mass is 127. The maximum Gasteiger partial charge on any atom is 0.193 e. The number of guanidine groups is 1. The van der Waals surface area contributed by atoms with Crippen LogP contribution in [0.4, 0.5) is 0 Å². The minimum Gasteiger partial charge on any atom is -0.381 e. The monoisotopic (exact) mass is 483 g/mol. The van der Waals surface area contributed by atoms with Crippen LogP contribution in [0.5, 0.6) is 0 Å². The van der Waals surface area contributed by atoms with Crippen LogP contribution >= 0.6 is 24.0 Å². The molecular weight excluding hydrogens is 453 g/mol. The van der Waals surface area contributed by atoms with Crippen LogP contribution in [0.25, 0.3) is 0 Å². The van der Waals surface area contributed by atoms with Crippen LogP contribution in [0.2, 0.25) is 0 Å². The molecule has 27 heavy (non-hydrogen) atoms. The van der Waals surface area contributed by atoms with Gasteiger partial charge in [-0.1, -0.05) is 30.3 Å². The van der Waals surface area contributed by atoms with Gasteiger partial charge in [0.2, 0.25) is 0 Å². The molecule has 1 aromatic carbocycles. The lowest BCUT2D eigenvalue weighted by Gasteiger charge is -2.24. The summed E-state index contributed by atoms with van der Waals surface area (Å²) in [5, 5.41) is 7.84. The predicted octanol–water partition coefficient (Wildman–Crippen LogP) is 2.98. The Bertz CT molecular complexity index is 697. The van der Waals surface area contributed by atoms with Gasteiger partial charge in [-0.3, -0.25) is 4.68 Å². The van der Waals surface area contributed by atoms with E-state index in [1.165, 1.54) is 5.56 Å². The van der Waals surface area contributed by atoms with Crippen LogP contribution in [0.15, 0.2) is 47.7 Å². The molecule has 1 atom stereocenters. The number of ether oxygens (including phenoxy) is 1. The average Bonchev–Trinajstić information content (AvgIpc) is 3.31. The summed E-state index contributed by atoms with van der Waals surface area (Å²) in [7, 11) is 2.10. The molecule has 1 N–H and O–H groups in total. The van der Waals surface area contributed by atoms with Crippen LogP contribution < -0.4 is 5.32 Å². The van der Waals surface area contributed by atoms with Crippen molar-refractivity contribution in [1.29, 1.82) is 0 Å². The smallest absolute Gasteiger partial charge is 0.193 e. The molecule has 0 amide bonds. The number of rotatable bonds is 7. The van der Waals surface area contributed by atoms with Crippen LogP contribution in [0.3, 0.4) is 0 Å². The van der Waals surface area contributed by atoms with Crippen molar-refractivity contribution in [2.45, 2.75) is 26.4 Å². The molecule has 3 rings (SSSR count). The van der Waals surface area contributed by atoms with E-state index in [2.05, 4.69) is 59.7 Å². The Morgan fingerprint density at radius 3 is 2.85 bits per heavy atom. The number of hydrogen-bond donors (Lipinski definition) is 1. The fraction of sp³-hybridized carbons (Fsp3) is 0.500. The summed E-state index contributed by atoms with van der Waals surface area (Å²) in [6.45, 7) is 7.08. The van der Waals surface area contributed by atoms with Gasteiger partial charge in [0, 0.05) is 44.4 Å². The molecule has 0 aliphatic carbocycles. The van der Waals surface area contributed by atoms with Gasteiger partial charge in [0.1, 0.15) is 0 Å². The van der Waals surface area contributed by atoms with Crippen molar-refractivity contribution in [2.75, 3.05) is 33.4 Å². The molecule has 2 heterocycles. The minimum absolute atomic E-state index is 0. The number of aromatic nitrogens is 2. The Balaban J connectivity index is 0.00000261. The van der Waals surface area contributed by atoms with E-state index in [1.807, 2.05) is 16.9 Å². The molecule has 0 spiro atoms. The molecule has 1 aliphatic heterocycles. The van der Waals surface area contributed by atoms with E-state index in [9.17, 15) is 0 Å². The van der Waals surface area contributed by atoms with Gasteiger partial charge in [-0.05, 0) is 18.9 Å². The van der Waals surface area contributed by atoms with E-state index < -0.39 is 0 Å². The predicted molar refractivity (Wildman–Crippen MR) is 120 cm³/mol. The topological polar surface area (TPSA) is 54.7 Å². The molecule has 1 unspecified atom stereocenters. The number of hydrogen-bond acceptors (Lipinski definition) is 3. The van der Waals surface area contributed by atoms with Gasteiger partial charge in [0.05, 0.1) is 25.9 Å². The molecule has 1 fully saturated rings. The summed E-state index contributed by atoms with van der Waals surface area (Å²) in [6, 6.07) is 10.4. The van der Waals surface area contributed by atoms with Crippen molar-refractivity contribution in [2.24, 2.45) is 10.9 Å². The third-order valence-corrected chi connectivity index (χ3v) is 4.54. The highest BCUT2D eigenvalue weighted by Crippen LogP contribution is 2.13. The summed E-state index contributed by atoms with van der Waals surface area (Å²) in [5.74, 6) is 1.53.